The lowest BCUT2D eigenvalue weighted by molar-refractivity contribution is -0.119. The molecule has 4 nitrogen and oxygen atoms in total. The molecule has 1 amide bonds. The minimum absolute atomic E-state index is 0.159. The predicted octanol–water partition coefficient (Wildman–Crippen LogP) is 2.91. The molecule has 0 N–H and O–H groups in total. The van der Waals surface area contributed by atoms with Gasteiger partial charge in [-0.15, -0.1) is 0 Å². The lowest BCUT2D eigenvalue weighted by atomic mass is 10.1. The van der Waals surface area contributed by atoms with E-state index in [0.29, 0.717) is 12.0 Å². The van der Waals surface area contributed by atoms with Gasteiger partial charge in [-0.25, -0.2) is 8.78 Å². The number of carbonyl (C=O) groups is 1. The average Bonchev–Trinajstić information content (AvgIpc) is 3.02. The summed E-state index contributed by atoms with van der Waals surface area (Å²) >= 11 is 0. The van der Waals surface area contributed by atoms with Crippen molar-refractivity contribution in [1.82, 2.24) is 0 Å². The van der Waals surface area contributed by atoms with Crippen molar-refractivity contribution in [2.45, 2.75) is 12.3 Å². The summed E-state index contributed by atoms with van der Waals surface area (Å²) in [5, 5.41) is 2.98. The average molecular weight is 223 g/mol. The van der Waals surface area contributed by atoms with Gasteiger partial charge in [0, 0.05) is 10.8 Å². The highest BCUT2D eigenvalue weighted by Crippen LogP contribution is 2.48. The minimum atomic E-state index is -0.931. The van der Waals surface area contributed by atoms with E-state index < -0.39 is 17.5 Å². The van der Waals surface area contributed by atoms with E-state index in [2.05, 4.69) is 10.0 Å². The molecule has 0 aliphatic heterocycles. The maximum Gasteiger partial charge on any atom is 0.222 e. The second-order valence-corrected chi connectivity index (χ2v) is 3.65. The SMILES string of the molecule is [N-]=[N+]=NC(=O)[C@@H]1CC1c1ccc(F)c(F)c1. The van der Waals surface area contributed by atoms with E-state index in [1.54, 1.807) is 0 Å². The number of carbonyl (C=O) groups excluding carboxylic acids is 1. The first kappa shape index (κ1) is 10.6. The quantitative estimate of drug-likeness (QED) is 0.431. The number of amides is 1. The van der Waals surface area contributed by atoms with Gasteiger partial charge in [-0.3, -0.25) is 4.79 Å². The monoisotopic (exact) mass is 223 g/mol. The molecule has 0 saturated heterocycles. The van der Waals surface area contributed by atoms with Gasteiger partial charge < -0.3 is 0 Å². The maximum atomic E-state index is 12.9. The number of hydrogen-bond donors (Lipinski definition) is 0. The summed E-state index contributed by atoms with van der Waals surface area (Å²) < 4.78 is 25.6. The Balaban J connectivity index is 2.14. The lowest BCUT2D eigenvalue weighted by Crippen LogP contribution is -1.97. The van der Waals surface area contributed by atoms with Gasteiger partial charge >= 0.3 is 0 Å². The van der Waals surface area contributed by atoms with Crippen molar-refractivity contribution < 1.29 is 13.6 Å². The second kappa shape index (κ2) is 3.90. The Kier molecular flexibility index (Phi) is 2.58. The second-order valence-electron chi connectivity index (χ2n) is 3.65. The first-order valence-electron chi connectivity index (χ1n) is 4.67. The largest absolute Gasteiger partial charge is 0.292 e. The molecule has 2 atom stereocenters. The Labute approximate surface area is 89.5 Å². The molecule has 0 heterocycles. The van der Waals surface area contributed by atoms with Crippen LogP contribution in [0.15, 0.2) is 23.3 Å². The van der Waals surface area contributed by atoms with Crippen LogP contribution < -0.4 is 0 Å². The zero-order valence-electron chi connectivity index (χ0n) is 8.10. The number of hydrogen-bond acceptors (Lipinski definition) is 1. The van der Waals surface area contributed by atoms with Gasteiger partial charge in [0.25, 0.3) is 0 Å². The van der Waals surface area contributed by atoms with Crippen molar-refractivity contribution in [2.75, 3.05) is 0 Å². The molecule has 0 spiro atoms. The molecular weight excluding hydrogens is 216 g/mol. The van der Waals surface area contributed by atoms with E-state index in [0.717, 1.165) is 12.1 Å². The van der Waals surface area contributed by atoms with Crippen LogP contribution in [0.2, 0.25) is 0 Å². The molecular formula is C10H7F2N3O. The number of nitrogens with zero attached hydrogens (tertiary/aromatic N) is 3. The van der Waals surface area contributed by atoms with E-state index in [9.17, 15) is 13.6 Å². The van der Waals surface area contributed by atoms with Gasteiger partial charge in [-0.1, -0.05) is 6.07 Å². The third kappa shape index (κ3) is 1.87. The Morgan fingerprint density at radius 3 is 2.81 bits per heavy atom. The first-order chi connectivity index (χ1) is 7.63. The summed E-state index contributed by atoms with van der Waals surface area (Å²) in [5.74, 6) is -2.94. The summed E-state index contributed by atoms with van der Waals surface area (Å²) in [4.78, 5) is 13.6. The van der Waals surface area contributed by atoms with Crippen molar-refractivity contribution in [3.05, 3.63) is 45.8 Å². The topological polar surface area (TPSA) is 65.8 Å². The summed E-state index contributed by atoms with van der Waals surface area (Å²) in [6, 6.07) is 3.54. The highest BCUT2D eigenvalue weighted by Gasteiger charge is 2.43. The van der Waals surface area contributed by atoms with Crippen LogP contribution in [0.3, 0.4) is 0 Å². The highest BCUT2D eigenvalue weighted by atomic mass is 19.2. The molecule has 82 valence electrons. The fourth-order valence-electron chi connectivity index (χ4n) is 1.70. The van der Waals surface area contributed by atoms with E-state index >= 15 is 0 Å². The molecule has 1 aliphatic carbocycles. The first-order valence-corrected chi connectivity index (χ1v) is 4.67. The molecule has 1 aliphatic rings. The van der Waals surface area contributed by atoms with E-state index in [4.69, 9.17) is 5.53 Å². The Morgan fingerprint density at radius 2 is 2.19 bits per heavy atom. The summed E-state index contributed by atoms with van der Waals surface area (Å²) in [5.41, 5.74) is 8.64. The lowest BCUT2D eigenvalue weighted by Gasteiger charge is -1.99. The van der Waals surface area contributed by atoms with Crippen LogP contribution in [0.1, 0.15) is 17.9 Å². The molecule has 0 radical (unpaired) electrons. The molecule has 2 rings (SSSR count). The van der Waals surface area contributed by atoms with Crippen molar-refractivity contribution in [2.24, 2.45) is 11.0 Å². The number of halogens is 2. The normalized spacial score (nSPS) is 22.4. The van der Waals surface area contributed by atoms with Gasteiger partial charge in [0.2, 0.25) is 5.91 Å². The molecule has 1 aromatic rings. The van der Waals surface area contributed by atoms with Crippen LogP contribution in [-0.4, -0.2) is 5.91 Å². The predicted molar refractivity (Wildman–Crippen MR) is 51.4 cm³/mol. The molecule has 6 heteroatoms. The van der Waals surface area contributed by atoms with Gasteiger partial charge in [0.15, 0.2) is 11.6 Å². The van der Waals surface area contributed by atoms with Crippen molar-refractivity contribution >= 4 is 5.91 Å². The van der Waals surface area contributed by atoms with Crippen LogP contribution in [0.4, 0.5) is 8.78 Å². The highest BCUT2D eigenvalue weighted by molar-refractivity contribution is 5.83. The summed E-state index contributed by atoms with van der Waals surface area (Å²) in [6.45, 7) is 0. The van der Waals surface area contributed by atoms with Crippen LogP contribution in [0.5, 0.6) is 0 Å². The smallest absolute Gasteiger partial charge is 0.222 e. The fourth-order valence-corrected chi connectivity index (χ4v) is 1.70. The molecule has 1 fully saturated rings. The van der Waals surface area contributed by atoms with Gasteiger partial charge in [-0.2, -0.15) is 0 Å². The molecule has 0 aromatic heterocycles. The molecule has 1 unspecified atom stereocenters. The minimum Gasteiger partial charge on any atom is -0.292 e. The van der Waals surface area contributed by atoms with Crippen LogP contribution in [-0.2, 0) is 4.79 Å². The fraction of sp³-hybridized carbons (Fsp3) is 0.300. The van der Waals surface area contributed by atoms with Crippen molar-refractivity contribution in [3.63, 3.8) is 0 Å². The maximum absolute atomic E-state index is 12.9. The van der Waals surface area contributed by atoms with E-state index in [1.165, 1.54) is 6.07 Å². The van der Waals surface area contributed by atoms with Crippen LogP contribution in [0.25, 0.3) is 10.4 Å². The van der Waals surface area contributed by atoms with Gasteiger partial charge in [-0.05, 0) is 40.7 Å². The van der Waals surface area contributed by atoms with E-state index in [-0.39, 0.29) is 11.8 Å². The third-order valence-corrected chi connectivity index (χ3v) is 2.62. The number of benzene rings is 1. The van der Waals surface area contributed by atoms with E-state index in [1.807, 2.05) is 0 Å². The molecule has 1 saturated carbocycles. The molecule has 1 aromatic carbocycles. The summed E-state index contributed by atoms with van der Waals surface area (Å²) in [6.07, 6.45) is 0.517. The zero-order chi connectivity index (χ0) is 11.7. The number of azide groups is 1. The Bertz CT molecular complexity index is 497. The van der Waals surface area contributed by atoms with Crippen molar-refractivity contribution in [1.29, 1.82) is 0 Å². The molecule has 0 bridgehead atoms. The Morgan fingerprint density at radius 1 is 1.44 bits per heavy atom. The van der Waals surface area contributed by atoms with Crippen molar-refractivity contribution in [3.8, 4) is 0 Å². The summed E-state index contributed by atoms with van der Waals surface area (Å²) in [7, 11) is 0. The van der Waals surface area contributed by atoms with Crippen LogP contribution in [0, 0.1) is 17.6 Å². The van der Waals surface area contributed by atoms with Gasteiger partial charge in [0.1, 0.15) is 0 Å². The standard InChI is InChI=1S/C10H7F2N3O/c11-8-2-1-5(3-9(8)12)6-4-7(6)10(16)14-15-13/h1-3,6-7H,4H2/t6?,7-/m1/s1. The third-order valence-electron chi connectivity index (χ3n) is 2.62. The Hall–Kier alpha value is -1.94. The van der Waals surface area contributed by atoms with Crippen LogP contribution >= 0.6 is 0 Å². The zero-order valence-corrected chi connectivity index (χ0v) is 8.10. The van der Waals surface area contributed by atoms with Gasteiger partial charge in [0.05, 0.1) is 0 Å². The number of rotatable bonds is 2. The molecule has 16 heavy (non-hydrogen) atoms.